The van der Waals surface area contributed by atoms with E-state index in [-0.39, 0.29) is 5.78 Å². The summed E-state index contributed by atoms with van der Waals surface area (Å²) in [5.41, 5.74) is 2.96. The van der Waals surface area contributed by atoms with E-state index in [4.69, 9.17) is 4.74 Å². The molecule has 0 radical (unpaired) electrons. The van der Waals surface area contributed by atoms with Crippen molar-refractivity contribution in [2.45, 2.75) is 6.42 Å². The monoisotopic (exact) mass is 300 g/mol. The van der Waals surface area contributed by atoms with Gasteiger partial charge in [0.2, 0.25) is 0 Å². The predicted octanol–water partition coefficient (Wildman–Crippen LogP) is 4.64. The Hall–Kier alpha value is -2.87. The van der Waals surface area contributed by atoms with Gasteiger partial charge in [-0.05, 0) is 16.3 Å². The molecule has 0 spiro atoms. The molecule has 1 heterocycles. The average molecular weight is 300 g/mol. The molecule has 0 N–H and O–H groups in total. The fourth-order valence-corrected chi connectivity index (χ4v) is 3.08. The number of allylic oxidation sites excluding steroid dienone is 1. The van der Waals surface area contributed by atoms with Crippen molar-refractivity contribution in [3.8, 4) is 0 Å². The van der Waals surface area contributed by atoms with Crippen LogP contribution in [0.3, 0.4) is 0 Å². The number of ketones is 1. The molecule has 4 rings (SSSR count). The Bertz CT molecular complexity index is 917. The lowest BCUT2D eigenvalue weighted by molar-refractivity contribution is 0.104. The van der Waals surface area contributed by atoms with Gasteiger partial charge in [-0.2, -0.15) is 0 Å². The summed E-state index contributed by atoms with van der Waals surface area (Å²) < 4.78 is 5.75. The van der Waals surface area contributed by atoms with E-state index in [1.165, 1.54) is 5.56 Å². The van der Waals surface area contributed by atoms with Crippen molar-refractivity contribution >= 4 is 22.3 Å². The van der Waals surface area contributed by atoms with Crippen molar-refractivity contribution < 1.29 is 9.53 Å². The van der Waals surface area contributed by atoms with Crippen LogP contribution in [0.1, 0.15) is 21.5 Å². The molecule has 3 aromatic rings. The standard InChI is InChI=1S/C21H16O2/c22-20(19-11-5-8-15-6-1-3-9-17(15)19)14-21-18-10-4-2-7-16(18)12-13-23-21/h1-11,14H,12-13H2/b21-14-. The van der Waals surface area contributed by atoms with E-state index in [2.05, 4.69) is 6.07 Å². The third-order valence-corrected chi connectivity index (χ3v) is 4.23. The molecule has 2 nitrogen and oxygen atoms in total. The van der Waals surface area contributed by atoms with Crippen LogP contribution in [-0.2, 0) is 11.2 Å². The zero-order valence-corrected chi connectivity index (χ0v) is 12.7. The fraction of sp³-hybridized carbons (Fsp3) is 0.0952. The summed E-state index contributed by atoms with van der Waals surface area (Å²) in [5.74, 6) is 0.651. The van der Waals surface area contributed by atoms with Gasteiger partial charge in [-0.3, -0.25) is 4.79 Å². The Morgan fingerprint density at radius 2 is 1.70 bits per heavy atom. The third-order valence-electron chi connectivity index (χ3n) is 4.23. The average Bonchev–Trinajstić information content (AvgIpc) is 2.61. The maximum absolute atomic E-state index is 12.8. The smallest absolute Gasteiger partial charge is 0.190 e. The second-order valence-electron chi connectivity index (χ2n) is 5.66. The minimum atomic E-state index is -0.0199. The number of benzene rings is 3. The number of rotatable bonds is 2. The molecular formula is C21H16O2. The molecule has 0 amide bonds. The second-order valence-corrected chi connectivity index (χ2v) is 5.66. The molecule has 23 heavy (non-hydrogen) atoms. The molecule has 112 valence electrons. The van der Waals surface area contributed by atoms with Crippen LogP contribution in [-0.4, -0.2) is 12.4 Å². The van der Waals surface area contributed by atoms with Crippen LogP contribution >= 0.6 is 0 Å². The van der Waals surface area contributed by atoms with E-state index in [9.17, 15) is 4.79 Å². The highest BCUT2D eigenvalue weighted by Gasteiger charge is 2.17. The SMILES string of the molecule is O=C(/C=C1\OCCc2ccccc21)c1cccc2ccccc12. The topological polar surface area (TPSA) is 26.3 Å². The van der Waals surface area contributed by atoms with Gasteiger partial charge >= 0.3 is 0 Å². The summed E-state index contributed by atoms with van der Waals surface area (Å²) in [6, 6.07) is 21.9. The third kappa shape index (κ3) is 2.53. The van der Waals surface area contributed by atoms with Gasteiger partial charge in [0, 0.05) is 23.6 Å². The fourth-order valence-electron chi connectivity index (χ4n) is 3.08. The molecule has 0 saturated carbocycles. The van der Waals surface area contributed by atoms with Crippen molar-refractivity contribution in [3.05, 3.63) is 89.5 Å². The van der Waals surface area contributed by atoms with Crippen molar-refractivity contribution in [2.75, 3.05) is 6.61 Å². The number of carbonyl (C=O) groups is 1. The van der Waals surface area contributed by atoms with Crippen molar-refractivity contribution in [2.24, 2.45) is 0 Å². The Kier molecular flexibility index (Phi) is 3.43. The Balaban J connectivity index is 1.78. The predicted molar refractivity (Wildman–Crippen MR) is 92.4 cm³/mol. The van der Waals surface area contributed by atoms with E-state index in [0.717, 1.165) is 22.8 Å². The van der Waals surface area contributed by atoms with Crippen LogP contribution in [0.2, 0.25) is 0 Å². The van der Waals surface area contributed by atoms with E-state index in [1.807, 2.05) is 60.7 Å². The first-order valence-electron chi connectivity index (χ1n) is 7.78. The van der Waals surface area contributed by atoms with Crippen LogP contribution < -0.4 is 0 Å². The van der Waals surface area contributed by atoms with Crippen molar-refractivity contribution in [3.63, 3.8) is 0 Å². The highest BCUT2D eigenvalue weighted by Crippen LogP contribution is 2.27. The van der Waals surface area contributed by atoms with Crippen LogP contribution in [0.5, 0.6) is 0 Å². The van der Waals surface area contributed by atoms with Gasteiger partial charge in [0.15, 0.2) is 5.78 Å². The molecule has 0 unspecified atom stereocenters. The van der Waals surface area contributed by atoms with Gasteiger partial charge in [0.1, 0.15) is 5.76 Å². The molecule has 0 aliphatic carbocycles. The minimum Gasteiger partial charge on any atom is -0.492 e. The number of carbonyl (C=O) groups excluding carboxylic acids is 1. The molecule has 2 heteroatoms. The normalized spacial score (nSPS) is 15.2. The van der Waals surface area contributed by atoms with Crippen LogP contribution in [0.15, 0.2) is 72.8 Å². The summed E-state index contributed by atoms with van der Waals surface area (Å²) in [7, 11) is 0. The molecule has 0 bridgehead atoms. The molecule has 1 aliphatic rings. The molecule has 1 aliphatic heterocycles. The molecule has 0 aromatic heterocycles. The van der Waals surface area contributed by atoms with E-state index < -0.39 is 0 Å². The van der Waals surface area contributed by atoms with E-state index in [1.54, 1.807) is 6.08 Å². The zero-order chi connectivity index (χ0) is 15.6. The maximum Gasteiger partial charge on any atom is 0.190 e. The largest absolute Gasteiger partial charge is 0.492 e. The van der Waals surface area contributed by atoms with Gasteiger partial charge < -0.3 is 4.74 Å². The summed E-state index contributed by atoms with van der Waals surface area (Å²) >= 11 is 0. The molecule has 0 saturated heterocycles. The lowest BCUT2D eigenvalue weighted by Gasteiger charge is -2.20. The zero-order valence-electron chi connectivity index (χ0n) is 12.7. The van der Waals surface area contributed by atoms with E-state index in [0.29, 0.717) is 17.9 Å². The van der Waals surface area contributed by atoms with Crippen molar-refractivity contribution in [1.29, 1.82) is 0 Å². The summed E-state index contributed by atoms with van der Waals surface area (Å²) in [4.78, 5) is 12.8. The molecule has 0 atom stereocenters. The molecule has 0 fully saturated rings. The Labute approximate surface area is 135 Å². The molecule has 3 aromatic carbocycles. The Morgan fingerprint density at radius 3 is 2.65 bits per heavy atom. The minimum absolute atomic E-state index is 0.0199. The number of hydrogen-bond donors (Lipinski definition) is 0. The highest BCUT2D eigenvalue weighted by molar-refractivity contribution is 6.15. The lowest BCUT2D eigenvalue weighted by Crippen LogP contribution is -2.10. The number of ether oxygens (including phenoxy) is 1. The second kappa shape index (κ2) is 5.73. The lowest BCUT2D eigenvalue weighted by atomic mass is 9.97. The van der Waals surface area contributed by atoms with Crippen LogP contribution in [0.4, 0.5) is 0 Å². The summed E-state index contributed by atoms with van der Waals surface area (Å²) in [6.07, 6.45) is 2.51. The van der Waals surface area contributed by atoms with Gasteiger partial charge in [-0.1, -0.05) is 66.7 Å². The Morgan fingerprint density at radius 1 is 0.913 bits per heavy atom. The first-order valence-corrected chi connectivity index (χ1v) is 7.78. The van der Waals surface area contributed by atoms with Crippen LogP contribution in [0.25, 0.3) is 16.5 Å². The summed E-state index contributed by atoms with van der Waals surface area (Å²) in [5, 5.41) is 2.04. The first kappa shape index (κ1) is 13.8. The van der Waals surface area contributed by atoms with Gasteiger partial charge in [0.05, 0.1) is 6.61 Å². The first-order chi connectivity index (χ1) is 11.3. The van der Waals surface area contributed by atoms with Crippen LogP contribution in [0, 0.1) is 0 Å². The van der Waals surface area contributed by atoms with Gasteiger partial charge in [-0.25, -0.2) is 0 Å². The number of hydrogen-bond acceptors (Lipinski definition) is 2. The quantitative estimate of drug-likeness (QED) is 0.509. The van der Waals surface area contributed by atoms with Gasteiger partial charge in [-0.15, -0.1) is 0 Å². The maximum atomic E-state index is 12.8. The van der Waals surface area contributed by atoms with Crippen molar-refractivity contribution in [1.82, 2.24) is 0 Å². The van der Waals surface area contributed by atoms with E-state index >= 15 is 0 Å². The number of fused-ring (bicyclic) bond motifs is 2. The van der Waals surface area contributed by atoms with Gasteiger partial charge in [0.25, 0.3) is 0 Å². The highest BCUT2D eigenvalue weighted by atomic mass is 16.5. The summed E-state index contributed by atoms with van der Waals surface area (Å²) in [6.45, 7) is 0.617. The molecular weight excluding hydrogens is 284 g/mol.